The number of carbonyl (C=O) groups excluding carboxylic acids is 3. The first-order valence-electron chi connectivity index (χ1n) is 10.6. The lowest BCUT2D eigenvalue weighted by atomic mass is 10.1. The molecule has 0 saturated carbocycles. The lowest BCUT2D eigenvalue weighted by molar-refractivity contribution is -0.123. The summed E-state index contributed by atoms with van der Waals surface area (Å²) in [6.07, 6.45) is 1.17. The molecule has 0 fully saturated rings. The van der Waals surface area contributed by atoms with Gasteiger partial charge in [0.2, 0.25) is 5.91 Å². The molecule has 1 aromatic carbocycles. The van der Waals surface area contributed by atoms with Gasteiger partial charge in [-0.05, 0) is 58.6 Å². The van der Waals surface area contributed by atoms with Crippen molar-refractivity contribution in [3.05, 3.63) is 35.9 Å². The number of rotatable bonds is 12. The zero-order chi connectivity index (χ0) is 23.1. The highest BCUT2D eigenvalue weighted by atomic mass is 16.6. The number of carbonyl (C=O) groups is 3. The third kappa shape index (κ3) is 13.2. The van der Waals surface area contributed by atoms with Gasteiger partial charge in [-0.25, -0.2) is 9.59 Å². The summed E-state index contributed by atoms with van der Waals surface area (Å²) in [5, 5.41) is 8.05. The fourth-order valence-corrected chi connectivity index (χ4v) is 2.59. The van der Waals surface area contributed by atoms with Gasteiger partial charge in [-0.2, -0.15) is 0 Å². The average molecular weight is 437 g/mol. The zero-order valence-corrected chi connectivity index (χ0v) is 18.7. The number of ether oxygens (including phenoxy) is 2. The van der Waals surface area contributed by atoms with Crippen LogP contribution in [0.25, 0.3) is 0 Å². The summed E-state index contributed by atoms with van der Waals surface area (Å²) < 4.78 is 10.4. The molecule has 174 valence electrons. The molecule has 0 aliphatic carbocycles. The van der Waals surface area contributed by atoms with Gasteiger partial charge in [0, 0.05) is 13.1 Å². The van der Waals surface area contributed by atoms with E-state index in [0.29, 0.717) is 32.5 Å². The number of unbranched alkanes of at least 4 members (excludes halogenated alkanes) is 1. The van der Waals surface area contributed by atoms with Crippen molar-refractivity contribution in [3.63, 3.8) is 0 Å². The molecule has 3 amide bonds. The molecule has 9 heteroatoms. The molecule has 1 aromatic rings. The minimum absolute atomic E-state index is 0.181. The van der Waals surface area contributed by atoms with Gasteiger partial charge in [-0.15, -0.1) is 0 Å². The summed E-state index contributed by atoms with van der Waals surface area (Å²) in [7, 11) is 0. The van der Waals surface area contributed by atoms with Crippen LogP contribution < -0.4 is 21.7 Å². The maximum Gasteiger partial charge on any atom is 0.408 e. The predicted octanol–water partition coefficient (Wildman–Crippen LogP) is 2.44. The zero-order valence-electron chi connectivity index (χ0n) is 18.7. The molecule has 0 heterocycles. The second-order valence-electron chi connectivity index (χ2n) is 8.12. The molecule has 1 rings (SSSR count). The second kappa shape index (κ2) is 14.2. The number of benzene rings is 1. The van der Waals surface area contributed by atoms with Crippen molar-refractivity contribution in [1.82, 2.24) is 16.0 Å². The summed E-state index contributed by atoms with van der Waals surface area (Å²) in [5.74, 6) is -0.297. The Balaban J connectivity index is 2.43. The van der Waals surface area contributed by atoms with E-state index in [0.717, 1.165) is 18.4 Å². The van der Waals surface area contributed by atoms with E-state index in [1.54, 1.807) is 20.8 Å². The van der Waals surface area contributed by atoms with Crippen molar-refractivity contribution in [1.29, 1.82) is 0 Å². The molecule has 0 aliphatic rings. The first-order chi connectivity index (χ1) is 14.7. The summed E-state index contributed by atoms with van der Waals surface area (Å²) in [6, 6.07) is 8.60. The number of amides is 3. The molecule has 0 bridgehead atoms. The summed E-state index contributed by atoms with van der Waals surface area (Å²) in [4.78, 5) is 36.4. The smallest absolute Gasteiger partial charge is 0.408 e. The Labute approximate surface area is 184 Å². The van der Waals surface area contributed by atoms with Crippen LogP contribution in [0.3, 0.4) is 0 Å². The topological polar surface area (TPSA) is 132 Å². The van der Waals surface area contributed by atoms with Gasteiger partial charge in [-0.1, -0.05) is 30.3 Å². The Hall–Kier alpha value is -2.81. The fraction of sp³-hybridized carbons (Fsp3) is 0.591. The molecule has 0 saturated heterocycles. The van der Waals surface area contributed by atoms with Crippen molar-refractivity contribution >= 4 is 18.1 Å². The van der Waals surface area contributed by atoms with Crippen molar-refractivity contribution in [3.8, 4) is 0 Å². The minimum atomic E-state index is -0.769. The highest BCUT2D eigenvalue weighted by Gasteiger charge is 2.24. The normalized spacial score (nSPS) is 11.9. The molecule has 0 aromatic heterocycles. The summed E-state index contributed by atoms with van der Waals surface area (Å²) >= 11 is 0. The maximum absolute atomic E-state index is 12.5. The van der Waals surface area contributed by atoms with E-state index in [1.165, 1.54) is 0 Å². The molecule has 1 unspecified atom stereocenters. The molecule has 31 heavy (non-hydrogen) atoms. The lowest BCUT2D eigenvalue weighted by Crippen LogP contribution is -2.48. The third-order valence-electron chi connectivity index (χ3n) is 4.09. The second-order valence-corrected chi connectivity index (χ2v) is 8.12. The van der Waals surface area contributed by atoms with E-state index < -0.39 is 23.8 Å². The van der Waals surface area contributed by atoms with E-state index in [4.69, 9.17) is 15.2 Å². The van der Waals surface area contributed by atoms with Crippen LogP contribution in [0, 0.1) is 0 Å². The molecule has 0 aliphatic heterocycles. The van der Waals surface area contributed by atoms with Crippen molar-refractivity contribution in [2.75, 3.05) is 19.6 Å². The number of alkyl carbamates (subject to hydrolysis) is 2. The maximum atomic E-state index is 12.5. The van der Waals surface area contributed by atoms with Gasteiger partial charge < -0.3 is 31.2 Å². The van der Waals surface area contributed by atoms with Crippen LogP contribution in [0.15, 0.2) is 30.3 Å². The first kappa shape index (κ1) is 26.2. The van der Waals surface area contributed by atoms with Crippen LogP contribution in [-0.4, -0.2) is 49.4 Å². The van der Waals surface area contributed by atoms with Gasteiger partial charge in [0.25, 0.3) is 0 Å². The van der Waals surface area contributed by atoms with Crippen LogP contribution in [0.4, 0.5) is 9.59 Å². The first-order valence-corrected chi connectivity index (χ1v) is 10.6. The van der Waals surface area contributed by atoms with E-state index in [2.05, 4.69) is 16.0 Å². The van der Waals surface area contributed by atoms with Gasteiger partial charge in [0.15, 0.2) is 0 Å². The van der Waals surface area contributed by atoms with Crippen LogP contribution in [0.5, 0.6) is 0 Å². The molecule has 1 atom stereocenters. The van der Waals surface area contributed by atoms with Crippen LogP contribution >= 0.6 is 0 Å². The highest BCUT2D eigenvalue weighted by molar-refractivity contribution is 5.85. The fourth-order valence-electron chi connectivity index (χ4n) is 2.59. The van der Waals surface area contributed by atoms with E-state index in [-0.39, 0.29) is 12.5 Å². The Morgan fingerprint density at radius 3 is 2.29 bits per heavy atom. The van der Waals surface area contributed by atoms with E-state index >= 15 is 0 Å². The summed E-state index contributed by atoms with van der Waals surface area (Å²) in [6.45, 7) is 6.77. The van der Waals surface area contributed by atoms with E-state index in [1.807, 2.05) is 30.3 Å². The van der Waals surface area contributed by atoms with Crippen LogP contribution in [0.1, 0.15) is 52.0 Å². The van der Waals surface area contributed by atoms with Crippen LogP contribution in [0.2, 0.25) is 0 Å². The van der Waals surface area contributed by atoms with Crippen molar-refractivity contribution in [2.45, 2.75) is 64.7 Å². The molecular formula is C22H36N4O5. The third-order valence-corrected chi connectivity index (χ3v) is 4.09. The molecule has 5 N–H and O–H groups in total. The Morgan fingerprint density at radius 2 is 1.65 bits per heavy atom. The summed E-state index contributed by atoms with van der Waals surface area (Å²) in [5.41, 5.74) is 5.68. The standard InChI is InChI=1S/C22H36N4O5/c1-22(2,3)31-21(29)26-18(19(27)24-14-8-7-13-23)12-9-15-25-20(28)30-16-17-10-5-4-6-11-17/h4-6,10-11,18H,7-9,12-16,23H2,1-3H3,(H,24,27)(H,25,28)(H,26,29). The number of nitrogens with two attached hydrogens (primary N) is 1. The lowest BCUT2D eigenvalue weighted by Gasteiger charge is -2.23. The molecule has 0 spiro atoms. The Kier molecular flexibility index (Phi) is 12.0. The highest BCUT2D eigenvalue weighted by Crippen LogP contribution is 2.08. The molecule has 0 radical (unpaired) electrons. The quantitative estimate of drug-likeness (QED) is 0.372. The SMILES string of the molecule is CC(C)(C)OC(=O)NC(CCCNC(=O)OCc1ccccc1)C(=O)NCCCCN. The van der Waals surface area contributed by atoms with E-state index in [9.17, 15) is 14.4 Å². The van der Waals surface area contributed by atoms with Crippen molar-refractivity contribution in [2.24, 2.45) is 5.73 Å². The molecular weight excluding hydrogens is 400 g/mol. The Morgan fingerprint density at radius 1 is 0.968 bits per heavy atom. The van der Waals surface area contributed by atoms with Gasteiger partial charge in [0.1, 0.15) is 18.2 Å². The van der Waals surface area contributed by atoms with Crippen LogP contribution in [-0.2, 0) is 20.9 Å². The average Bonchev–Trinajstić information content (AvgIpc) is 2.71. The van der Waals surface area contributed by atoms with Gasteiger partial charge in [0.05, 0.1) is 0 Å². The Bertz CT molecular complexity index is 676. The minimum Gasteiger partial charge on any atom is -0.445 e. The monoisotopic (exact) mass is 436 g/mol. The predicted molar refractivity (Wildman–Crippen MR) is 118 cm³/mol. The van der Waals surface area contributed by atoms with Crippen molar-refractivity contribution < 1.29 is 23.9 Å². The number of hydrogen-bond donors (Lipinski definition) is 4. The van der Waals surface area contributed by atoms with Gasteiger partial charge >= 0.3 is 12.2 Å². The molecule has 9 nitrogen and oxygen atoms in total. The largest absolute Gasteiger partial charge is 0.445 e. The number of nitrogens with one attached hydrogen (secondary N) is 3. The number of hydrogen-bond acceptors (Lipinski definition) is 6. The van der Waals surface area contributed by atoms with Gasteiger partial charge in [-0.3, -0.25) is 4.79 Å².